The lowest BCUT2D eigenvalue weighted by Gasteiger charge is -2.19. The van der Waals surface area contributed by atoms with Crippen LogP contribution in [0.1, 0.15) is 38.3 Å². The molecular formula is C18H28ClN3O2. The lowest BCUT2D eigenvalue weighted by Crippen LogP contribution is -2.39. The van der Waals surface area contributed by atoms with Gasteiger partial charge in [-0.05, 0) is 50.3 Å². The molecule has 1 fully saturated rings. The summed E-state index contributed by atoms with van der Waals surface area (Å²) in [4.78, 5) is 4.45. The molecule has 5 nitrogen and oxygen atoms in total. The van der Waals surface area contributed by atoms with Crippen LogP contribution in [0.25, 0.3) is 0 Å². The molecule has 0 aromatic heterocycles. The van der Waals surface area contributed by atoms with Crippen LogP contribution in [0.4, 0.5) is 0 Å². The average molecular weight is 354 g/mol. The van der Waals surface area contributed by atoms with Crippen molar-refractivity contribution in [3.8, 4) is 0 Å². The summed E-state index contributed by atoms with van der Waals surface area (Å²) in [6.07, 6.45) is 1.93. The Morgan fingerprint density at radius 3 is 2.92 bits per heavy atom. The Balaban J connectivity index is 1.82. The highest BCUT2D eigenvalue weighted by Crippen LogP contribution is 2.28. The highest BCUT2D eigenvalue weighted by Gasteiger charge is 2.21. The van der Waals surface area contributed by atoms with Crippen molar-refractivity contribution in [3.05, 3.63) is 34.9 Å². The van der Waals surface area contributed by atoms with Crippen LogP contribution in [0.15, 0.2) is 29.3 Å². The van der Waals surface area contributed by atoms with Gasteiger partial charge < -0.3 is 20.5 Å². The Bertz CT molecular complexity index is 535. The number of halogens is 1. The first-order valence-corrected chi connectivity index (χ1v) is 9.02. The quantitative estimate of drug-likeness (QED) is 0.472. The van der Waals surface area contributed by atoms with Gasteiger partial charge in [-0.2, -0.15) is 0 Å². The third kappa shape index (κ3) is 7.07. The number of benzene rings is 1. The van der Waals surface area contributed by atoms with Crippen LogP contribution in [0, 0.1) is 5.92 Å². The van der Waals surface area contributed by atoms with E-state index >= 15 is 0 Å². The number of ether oxygens (including phenoxy) is 1. The first kappa shape index (κ1) is 19.0. The van der Waals surface area contributed by atoms with Crippen LogP contribution < -0.4 is 10.6 Å². The van der Waals surface area contributed by atoms with Crippen molar-refractivity contribution in [2.75, 3.05) is 26.3 Å². The van der Waals surface area contributed by atoms with Gasteiger partial charge in [-0.25, -0.2) is 0 Å². The van der Waals surface area contributed by atoms with Gasteiger partial charge >= 0.3 is 0 Å². The van der Waals surface area contributed by atoms with Crippen molar-refractivity contribution in [2.45, 2.75) is 38.8 Å². The Morgan fingerprint density at radius 2 is 2.25 bits per heavy atom. The van der Waals surface area contributed by atoms with Gasteiger partial charge in [0.15, 0.2) is 5.96 Å². The van der Waals surface area contributed by atoms with Gasteiger partial charge in [0.2, 0.25) is 0 Å². The molecule has 1 aromatic rings. The first-order chi connectivity index (χ1) is 11.6. The number of rotatable bonds is 9. The molecule has 0 saturated heterocycles. The van der Waals surface area contributed by atoms with Crippen molar-refractivity contribution >= 4 is 17.6 Å². The number of aliphatic hydroxyl groups is 1. The molecule has 6 heteroatoms. The van der Waals surface area contributed by atoms with Gasteiger partial charge in [-0.3, -0.25) is 4.99 Å². The van der Waals surface area contributed by atoms with Gasteiger partial charge in [-0.15, -0.1) is 0 Å². The highest BCUT2D eigenvalue weighted by molar-refractivity contribution is 6.30. The topological polar surface area (TPSA) is 65.9 Å². The Labute approximate surface area is 149 Å². The number of nitrogens with zero attached hydrogens (tertiary/aromatic N) is 1. The summed E-state index contributed by atoms with van der Waals surface area (Å²) in [5, 5.41) is 17.2. The molecule has 0 bridgehead atoms. The Hall–Kier alpha value is -1.30. The zero-order valence-corrected chi connectivity index (χ0v) is 15.2. The second-order valence-electron chi connectivity index (χ2n) is 6.28. The van der Waals surface area contributed by atoms with Crippen LogP contribution >= 0.6 is 11.6 Å². The molecule has 3 N–H and O–H groups in total. The lowest BCUT2D eigenvalue weighted by molar-refractivity contribution is 0.0368. The zero-order valence-electron chi connectivity index (χ0n) is 14.5. The standard InChI is InChI=1S/C18H28ClN3O2/c1-3-20-18(21-10-17(23)12-24-11-14-7-8-14)22-13(2)15-5-4-6-16(19)9-15/h4-6,9,13-14,17,23H,3,7-8,10-12H2,1-2H3,(H2,20,21,22). The molecule has 1 aromatic carbocycles. The molecule has 1 saturated carbocycles. The molecule has 2 atom stereocenters. The molecule has 0 aliphatic heterocycles. The summed E-state index contributed by atoms with van der Waals surface area (Å²) in [5.41, 5.74) is 1.08. The SMILES string of the molecule is CCNC(=NCC(O)COCC1CC1)NC(C)c1cccc(Cl)c1. The second-order valence-corrected chi connectivity index (χ2v) is 6.71. The van der Waals surface area contributed by atoms with Gasteiger partial charge in [0.25, 0.3) is 0 Å². The minimum Gasteiger partial charge on any atom is -0.389 e. The maximum absolute atomic E-state index is 9.98. The molecule has 0 radical (unpaired) electrons. The van der Waals surface area contributed by atoms with Crippen molar-refractivity contribution in [2.24, 2.45) is 10.9 Å². The van der Waals surface area contributed by atoms with E-state index in [2.05, 4.69) is 15.6 Å². The van der Waals surface area contributed by atoms with E-state index in [9.17, 15) is 5.11 Å². The van der Waals surface area contributed by atoms with E-state index in [1.165, 1.54) is 12.8 Å². The van der Waals surface area contributed by atoms with E-state index in [0.29, 0.717) is 30.1 Å². The fourth-order valence-electron chi connectivity index (χ4n) is 2.29. The fraction of sp³-hybridized carbons (Fsp3) is 0.611. The molecule has 0 amide bonds. The molecule has 0 spiro atoms. The third-order valence-corrected chi connectivity index (χ3v) is 4.10. The number of hydrogen-bond donors (Lipinski definition) is 3. The number of hydrogen-bond acceptors (Lipinski definition) is 3. The monoisotopic (exact) mass is 353 g/mol. The highest BCUT2D eigenvalue weighted by atomic mass is 35.5. The van der Waals surface area contributed by atoms with Gasteiger partial charge in [-0.1, -0.05) is 23.7 Å². The molecule has 2 unspecified atom stereocenters. The molecule has 134 valence electrons. The normalized spacial score (nSPS) is 17.4. The van der Waals surface area contributed by atoms with Crippen LogP contribution in [-0.2, 0) is 4.74 Å². The smallest absolute Gasteiger partial charge is 0.191 e. The van der Waals surface area contributed by atoms with Crippen molar-refractivity contribution < 1.29 is 9.84 Å². The van der Waals surface area contributed by atoms with E-state index in [0.717, 1.165) is 18.7 Å². The summed E-state index contributed by atoms with van der Waals surface area (Å²) in [5.74, 6) is 1.38. The number of nitrogens with one attached hydrogen (secondary N) is 2. The van der Waals surface area contributed by atoms with Crippen LogP contribution in [0.2, 0.25) is 5.02 Å². The summed E-state index contributed by atoms with van der Waals surface area (Å²) in [6.45, 7) is 6.21. The van der Waals surface area contributed by atoms with Gasteiger partial charge in [0.1, 0.15) is 0 Å². The predicted octanol–water partition coefficient (Wildman–Crippen LogP) is 2.74. The zero-order chi connectivity index (χ0) is 17.4. The number of guanidine groups is 1. The fourth-order valence-corrected chi connectivity index (χ4v) is 2.49. The van der Waals surface area contributed by atoms with Gasteiger partial charge in [0, 0.05) is 18.2 Å². The first-order valence-electron chi connectivity index (χ1n) is 8.64. The predicted molar refractivity (Wildman–Crippen MR) is 98.5 cm³/mol. The average Bonchev–Trinajstić information content (AvgIpc) is 3.37. The van der Waals surface area contributed by atoms with Crippen LogP contribution in [0.3, 0.4) is 0 Å². The van der Waals surface area contributed by atoms with Crippen molar-refractivity contribution in [3.63, 3.8) is 0 Å². The molecule has 1 aliphatic carbocycles. The summed E-state index contributed by atoms with van der Waals surface area (Å²) < 4.78 is 5.50. The van der Waals surface area contributed by atoms with Crippen molar-refractivity contribution in [1.82, 2.24) is 10.6 Å². The summed E-state index contributed by atoms with van der Waals surface area (Å²) in [6, 6.07) is 7.80. The van der Waals surface area contributed by atoms with E-state index < -0.39 is 6.10 Å². The molecule has 24 heavy (non-hydrogen) atoms. The third-order valence-electron chi connectivity index (χ3n) is 3.87. The minimum absolute atomic E-state index is 0.0600. The maximum Gasteiger partial charge on any atom is 0.191 e. The lowest BCUT2D eigenvalue weighted by atomic mass is 10.1. The van der Waals surface area contributed by atoms with Crippen LogP contribution in [0.5, 0.6) is 0 Å². The molecular weight excluding hydrogens is 326 g/mol. The van der Waals surface area contributed by atoms with Crippen LogP contribution in [-0.4, -0.2) is 43.5 Å². The summed E-state index contributed by atoms with van der Waals surface area (Å²) >= 11 is 6.04. The Morgan fingerprint density at radius 1 is 1.46 bits per heavy atom. The van der Waals surface area contributed by atoms with E-state index in [4.69, 9.17) is 16.3 Å². The van der Waals surface area contributed by atoms with E-state index in [1.807, 2.05) is 38.1 Å². The number of aliphatic hydroxyl groups excluding tert-OH is 1. The Kier molecular flexibility index (Phi) is 7.82. The second kappa shape index (κ2) is 9.87. The van der Waals surface area contributed by atoms with Crippen molar-refractivity contribution in [1.29, 1.82) is 0 Å². The van der Waals surface area contributed by atoms with Gasteiger partial charge in [0.05, 0.1) is 25.3 Å². The molecule has 1 aliphatic rings. The van der Waals surface area contributed by atoms with E-state index in [1.54, 1.807) is 0 Å². The number of aliphatic imine (C=N–C) groups is 1. The summed E-state index contributed by atoms with van der Waals surface area (Å²) in [7, 11) is 0. The molecule has 0 heterocycles. The molecule has 2 rings (SSSR count). The largest absolute Gasteiger partial charge is 0.389 e. The maximum atomic E-state index is 9.98. The minimum atomic E-state index is -0.583. The van der Waals surface area contributed by atoms with E-state index in [-0.39, 0.29) is 6.04 Å².